The first-order chi connectivity index (χ1) is 6.22. The number of methoxy groups -OCH3 is 1. The molecule has 0 amide bonds. The Morgan fingerprint density at radius 2 is 2.23 bits per heavy atom. The van der Waals surface area contributed by atoms with Gasteiger partial charge < -0.3 is 9.84 Å². The van der Waals surface area contributed by atoms with E-state index in [1.807, 2.05) is 18.4 Å². The molecule has 0 heterocycles. The highest BCUT2D eigenvalue weighted by Crippen LogP contribution is 2.35. The number of aliphatic hydroxyl groups excluding tert-OH is 1. The van der Waals surface area contributed by atoms with Crippen molar-refractivity contribution in [1.29, 1.82) is 0 Å². The van der Waals surface area contributed by atoms with Gasteiger partial charge in [0.1, 0.15) is 5.75 Å². The first-order valence-electron chi connectivity index (χ1n) is 3.74. The Balaban J connectivity index is 3.20. The van der Waals surface area contributed by atoms with Crippen molar-refractivity contribution < 1.29 is 9.84 Å². The summed E-state index contributed by atoms with van der Waals surface area (Å²) in [6.07, 6.45) is 1.98. The molecule has 0 aliphatic heterocycles. The number of hydrogen-bond acceptors (Lipinski definition) is 3. The molecule has 72 valence electrons. The Labute approximate surface area is 90.4 Å². The van der Waals surface area contributed by atoms with E-state index >= 15 is 0 Å². The van der Waals surface area contributed by atoms with Gasteiger partial charge in [-0.15, -0.1) is 11.8 Å². The van der Waals surface area contributed by atoms with E-state index in [1.165, 1.54) is 0 Å². The van der Waals surface area contributed by atoms with Crippen molar-refractivity contribution in [2.24, 2.45) is 0 Å². The van der Waals surface area contributed by atoms with Gasteiger partial charge in [-0.1, -0.05) is 0 Å². The van der Waals surface area contributed by atoms with Crippen LogP contribution in [0.15, 0.2) is 21.5 Å². The molecule has 2 nitrogen and oxygen atoms in total. The third-order valence-electron chi connectivity index (χ3n) is 1.68. The largest absolute Gasteiger partial charge is 0.494 e. The second-order valence-corrected chi connectivity index (χ2v) is 4.17. The van der Waals surface area contributed by atoms with E-state index in [-0.39, 0.29) is 6.61 Å². The van der Waals surface area contributed by atoms with Crippen LogP contribution in [0.5, 0.6) is 5.75 Å². The van der Waals surface area contributed by atoms with Crippen molar-refractivity contribution in [3.63, 3.8) is 0 Å². The maximum atomic E-state index is 8.97. The molecule has 1 aromatic carbocycles. The Morgan fingerprint density at radius 3 is 2.69 bits per heavy atom. The van der Waals surface area contributed by atoms with E-state index in [1.54, 1.807) is 18.9 Å². The summed E-state index contributed by atoms with van der Waals surface area (Å²) in [6.45, 7) is 0.0517. The van der Waals surface area contributed by atoms with Gasteiger partial charge in [0.15, 0.2) is 0 Å². The lowest BCUT2D eigenvalue weighted by atomic mass is 10.2. The summed E-state index contributed by atoms with van der Waals surface area (Å²) in [5.41, 5.74) is 0.886. The first kappa shape index (κ1) is 10.9. The van der Waals surface area contributed by atoms with Crippen LogP contribution in [0.4, 0.5) is 0 Å². The van der Waals surface area contributed by atoms with Crippen molar-refractivity contribution in [2.45, 2.75) is 11.5 Å². The molecule has 0 fully saturated rings. The molecule has 0 radical (unpaired) electrons. The predicted octanol–water partition coefficient (Wildman–Crippen LogP) is 2.67. The molecular formula is C9H11BrO2S. The highest BCUT2D eigenvalue weighted by molar-refractivity contribution is 9.10. The highest BCUT2D eigenvalue weighted by atomic mass is 79.9. The minimum atomic E-state index is 0.0517. The van der Waals surface area contributed by atoms with Gasteiger partial charge in [0.2, 0.25) is 0 Å². The van der Waals surface area contributed by atoms with Gasteiger partial charge in [-0.3, -0.25) is 0 Å². The maximum Gasteiger partial charge on any atom is 0.146 e. The lowest BCUT2D eigenvalue weighted by Crippen LogP contribution is -1.91. The molecule has 1 aromatic rings. The molecular weight excluding hydrogens is 252 g/mol. The van der Waals surface area contributed by atoms with Crippen LogP contribution < -0.4 is 4.74 Å². The second kappa shape index (κ2) is 4.88. The van der Waals surface area contributed by atoms with E-state index in [0.29, 0.717) is 0 Å². The molecule has 0 aliphatic rings. The van der Waals surface area contributed by atoms with Gasteiger partial charge in [-0.25, -0.2) is 0 Å². The van der Waals surface area contributed by atoms with Gasteiger partial charge in [0.05, 0.1) is 23.1 Å². The van der Waals surface area contributed by atoms with Crippen LogP contribution in [0.2, 0.25) is 0 Å². The van der Waals surface area contributed by atoms with Crippen LogP contribution >= 0.6 is 27.7 Å². The van der Waals surface area contributed by atoms with Crippen LogP contribution in [0, 0.1) is 0 Å². The number of ether oxygens (including phenoxy) is 1. The monoisotopic (exact) mass is 262 g/mol. The summed E-state index contributed by atoms with van der Waals surface area (Å²) in [5.74, 6) is 0.824. The van der Waals surface area contributed by atoms with E-state index < -0.39 is 0 Å². The predicted molar refractivity (Wildman–Crippen MR) is 58.4 cm³/mol. The molecule has 13 heavy (non-hydrogen) atoms. The number of halogens is 1. The van der Waals surface area contributed by atoms with Crippen LogP contribution in [0.1, 0.15) is 5.56 Å². The van der Waals surface area contributed by atoms with E-state index in [2.05, 4.69) is 15.9 Å². The Kier molecular flexibility index (Phi) is 4.09. The molecule has 0 bridgehead atoms. The minimum absolute atomic E-state index is 0.0517. The van der Waals surface area contributed by atoms with E-state index in [4.69, 9.17) is 9.84 Å². The first-order valence-corrected chi connectivity index (χ1v) is 5.76. The fourth-order valence-electron chi connectivity index (χ4n) is 1.06. The molecule has 0 atom stereocenters. The molecule has 1 rings (SSSR count). The van der Waals surface area contributed by atoms with E-state index in [0.717, 1.165) is 20.7 Å². The number of thioether (sulfide) groups is 1. The number of hydrogen-bond donors (Lipinski definition) is 1. The molecule has 0 saturated heterocycles. The summed E-state index contributed by atoms with van der Waals surface area (Å²) in [6, 6.07) is 3.78. The van der Waals surface area contributed by atoms with Gasteiger partial charge in [-0.2, -0.15) is 0 Å². The normalized spacial score (nSPS) is 10.2. The Morgan fingerprint density at radius 1 is 1.54 bits per heavy atom. The molecule has 0 aromatic heterocycles. The summed E-state index contributed by atoms with van der Waals surface area (Å²) in [5, 5.41) is 8.97. The lowest BCUT2D eigenvalue weighted by Gasteiger charge is -2.09. The van der Waals surface area contributed by atoms with Crippen molar-refractivity contribution in [1.82, 2.24) is 0 Å². The second-order valence-electron chi connectivity index (χ2n) is 2.47. The van der Waals surface area contributed by atoms with Crippen molar-refractivity contribution >= 4 is 27.7 Å². The third-order valence-corrected chi connectivity index (χ3v) is 3.01. The number of rotatable bonds is 3. The minimum Gasteiger partial charge on any atom is -0.494 e. The number of benzene rings is 1. The third kappa shape index (κ3) is 2.39. The zero-order valence-electron chi connectivity index (χ0n) is 7.50. The van der Waals surface area contributed by atoms with Gasteiger partial charge >= 0.3 is 0 Å². The standard InChI is InChI=1S/C9H11BrO2S/c1-12-9-7(10)3-6(5-11)4-8(9)13-2/h3-4,11H,5H2,1-2H3. The molecule has 0 saturated carbocycles. The summed E-state index contributed by atoms with van der Waals surface area (Å²) >= 11 is 4.99. The average Bonchev–Trinajstić information content (AvgIpc) is 2.16. The average molecular weight is 263 g/mol. The summed E-state index contributed by atoms with van der Waals surface area (Å²) in [4.78, 5) is 1.03. The Hall–Kier alpha value is -0.190. The van der Waals surface area contributed by atoms with E-state index in [9.17, 15) is 0 Å². The smallest absolute Gasteiger partial charge is 0.146 e. The zero-order chi connectivity index (χ0) is 9.84. The molecule has 0 unspecified atom stereocenters. The highest BCUT2D eigenvalue weighted by Gasteiger charge is 2.08. The maximum absolute atomic E-state index is 8.97. The fraction of sp³-hybridized carbons (Fsp3) is 0.333. The zero-order valence-corrected chi connectivity index (χ0v) is 9.91. The fourth-order valence-corrected chi connectivity index (χ4v) is 2.51. The van der Waals surface area contributed by atoms with Crippen LogP contribution in [0.25, 0.3) is 0 Å². The van der Waals surface area contributed by atoms with Gasteiger partial charge in [-0.05, 0) is 39.9 Å². The SMILES string of the molecule is COc1c(Br)cc(CO)cc1SC. The number of aliphatic hydroxyl groups is 1. The summed E-state index contributed by atoms with van der Waals surface area (Å²) in [7, 11) is 1.64. The van der Waals surface area contributed by atoms with Crippen LogP contribution in [-0.2, 0) is 6.61 Å². The van der Waals surface area contributed by atoms with Gasteiger partial charge in [0, 0.05) is 0 Å². The van der Waals surface area contributed by atoms with Crippen LogP contribution in [-0.4, -0.2) is 18.5 Å². The van der Waals surface area contributed by atoms with Crippen molar-refractivity contribution in [2.75, 3.05) is 13.4 Å². The van der Waals surface area contributed by atoms with Crippen molar-refractivity contribution in [3.8, 4) is 5.75 Å². The summed E-state index contributed by atoms with van der Waals surface area (Å²) < 4.78 is 6.10. The molecule has 0 spiro atoms. The Bertz CT molecular complexity index is 302. The van der Waals surface area contributed by atoms with Gasteiger partial charge in [0.25, 0.3) is 0 Å². The molecule has 1 N–H and O–H groups in total. The van der Waals surface area contributed by atoms with Crippen LogP contribution in [0.3, 0.4) is 0 Å². The molecule has 0 aliphatic carbocycles. The van der Waals surface area contributed by atoms with Crippen molar-refractivity contribution in [3.05, 3.63) is 22.2 Å². The lowest BCUT2D eigenvalue weighted by molar-refractivity contribution is 0.281. The topological polar surface area (TPSA) is 29.5 Å². The quantitative estimate of drug-likeness (QED) is 0.850. The molecule has 4 heteroatoms.